The molecular formula is C8H13N3O2S. The summed E-state index contributed by atoms with van der Waals surface area (Å²) in [5, 5.41) is 15.9. The van der Waals surface area contributed by atoms with Crippen LogP contribution in [0.3, 0.4) is 0 Å². The summed E-state index contributed by atoms with van der Waals surface area (Å²) in [5.74, 6) is 0. The lowest BCUT2D eigenvalue weighted by molar-refractivity contribution is 0.555. The summed E-state index contributed by atoms with van der Waals surface area (Å²) >= 11 is 0. The maximum Gasteiger partial charge on any atom is 0.228 e. The van der Waals surface area contributed by atoms with E-state index in [1.165, 1.54) is 0 Å². The molecule has 0 heterocycles. The van der Waals surface area contributed by atoms with E-state index in [9.17, 15) is 8.42 Å². The minimum absolute atomic E-state index is 0.0983. The van der Waals surface area contributed by atoms with E-state index in [0.717, 1.165) is 0 Å². The van der Waals surface area contributed by atoms with Crippen LogP contribution in [0.2, 0.25) is 0 Å². The first-order valence-electron chi connectivity index (χ1n) is 4.25. The van der Waals surface area contributed by atoms with Crippen molar-refractivity contribution in [3.63, 3.8) is 0 Å². The van der Waals surface area contributed by atoms with Gasteiger partial charge in [-0.15, -0.1) is 0 Å². The van der Waals surface area contributed by atoms with Crippen molar-refractivity contribution >= 4 is 10.0 Å². The summed E-state index contributed by atoms with van der Waals surface area (Å²) in [4.78, 5) is 0. The minimum atomic E-state index is -3.61. The fourth-order valence-electron chi connectivity index (χ4n) is 0.921. The standard InChI is InChI=1S/C8H13N3O2S/c1-3-8(6-10)14(12,13)11-7(2)4-5-9/h7-8,11H,3-4H2,1-2H3. The third-order valence-corrected chi connectivity index (χ3v) is 3.57. The molecule has 0 spiro atoms. The SMILES string of the molecule is CCC(C#N)S(=O)(=O)NC(C)CC#N. The molecule has 0 saturated carbocycles. The zero-order valence-corrected chi connectivity index (χ0v) is 9.00. The largest absolute Gasteiger partial charge is 0.228 e. The van der Waals surface area contributed by atoms with Crippen molar-refractivity contribution in [3.8, 4) is 12.1 Å². The Kier molecular flexibility index (Phi) is 5.14. The number of hydrogen-bond donors (Lipinski definition) is 1. The zero-order chi connectivity index (χ0) is 11.2. The van der Waals surface area contributed by atoms with Gasteiger partial charge in [-0.25, -0.2) is 13.1 Å². The second kappa shape index (κ2) is 5.58. The van der Waals surface area contributed by atoms with E-state index in [1.807, 2.05) is 6.07 Å². The number of nitrogens with one attached hydrogen (secondary N) is 1. The molecular weight excluding hydrogens is 202 g/mol. The van der Waals surface area contributed by atoms with Crippen LogP contribution in [-0.4, -0.2) is 19.7 Å². The minimum Gasteiger partial charge on any atom is -0.211 e. The molecule has 0 aromatic heterocycles. The summed E-state index contributed by atoms with van der Waals surface area (Å²) in [6.07, 6.45) is 0.339. The average Bonchev–Trinajstić information content (AvgIpc) is 2.04. The Bertz CT molecular complexity index is 350. The molecule has 0 aliphatic carbocycles. The first-order chi connectivity index (χ1) is 6.47. The van der Waals surface area contributed by atoms with Gasteiger partial charge in [0, 0.05) is 6.04 Å². The predicted molar refractivity (Wildman–Crippen MR) is 51.4 cm³/mol. The molecule has 14 heavy (non-hydrogen) atoms. The van der Waals surface area contributed by atoms with Gasteiger partial charge in [-0.2, -0.15) is 10.5 Å². The zero-order valence-electron chi connectivity index (χ0n) is 8.19. The number of rotatable bonds is 5. The van der Waals surface area contributed by atoms with E-state index in [1.54, 1.807) is 19.9 Å². The fourth-order valence-corrected chi connectivity index (χ4v) is 2.31. The molecule has 0 bridgehead atoms. The van der Waals surface area contributed by atoms with Gasteiger partial charge in [-0.1, -0.05) is 6.92 Å². The Morgan fingerprint density at radius 3 is 2.36 bits per heavy atom. The summed E-state index contributed by atoms with van der Waals surface area (Å²) < 4.78 is 25.2. The van der Waals surface area contributed by atoms with Crippen LogP contribution in [0, 0.1) is 22.7 Å². The summed E-state index contributed by atoms with van der Waals surface area (Å²) in [7, 11) is -3.61. The number of nitriles is 2. The molecule has 0 saturated heterocycles. The van der Waals surface area contributed by atoms with E-state index >= 15 is 0 Å². The average molecular weight is 215 g/mol. The number of sulfonamides is 1. The summed E-state index contributed by atoms with van der Waals surface area (Å²) in [5.41, 5.74) is 0. The Labute approximate surface area is 84.4 Å². The molecule has 0 fully saturated rings. The summed E-state index contributed by atoms with van der Waals surface area (Å²) in [6.45, 7) is 3.22. The molecule has 0 aromatic carbocycles. The van der Waals surface area contributed by atoms with Crippen LogP contribution in [-0.2, 0) is 10.0 Å². The number of hydrogen-bond acceptors (Lipinski definition) is 4. The second-order valence-electron chi connectivity index (χ2n) is 2.95. The highest BCUT2D eigenvalue weighted by atomic mass is 32.2. The molecule has 78 valence electrons. The van der Waals surface area contributed by atoms with Gasteiger partial charge >= 0.3 is 0 Å². The number of nitrogens with zero attached hydrogens (tertiary/aromatic N) is 2. The van der Waals surface area contributed by atoms with E-state index in [0.29, 0.717) is 0 Å². The molecule has 0 amide bonds. The third-order valence-electron chi connectivity index (χ3n) is 1.65. The first kappa shape index (κ1) is 12.9. The molecule has 1 N–H and O–H groups in total. The lowest BCUT2D eigenvalue weighted by Crippen LogP contribution is -2.38. The Morgan fingerprint density at radius 2 is 2.00 bits per heavy atom. The van der Waals surface area contributed by atoms with Crippen LogP contribution in [0.4, 0.5) is 0 Å². The second-order valence-corrected chi connectivity index (χ2v) is 4.85. The van der Waals surface area contributed by atoms with Gasteiger partial charge in [0.2, 0.25) is 10.0 Å². The van der Waals surface area contributed by atoms with Crippen molar-refractivity contribution in [2.24, 2.45) is 0 Å². The van der Waals surface area contributed by atoms with E-state index in [-0.39, 0.29) is 12.8 Å². The quantitative estimate of drug-likeness (QED) is 0.723. The maximum absolute atomic E-state index is 11.4. The molecule has 0 aromatic rings. The van der Waals surface area contributed by atoms with Crippen LogP contribution in [0.5, 0.6) is 0 Å². The topological polar surface area (TPSA) is 93.8 Å². The molecule has 2 unspecified atom stereocenters. The third kappa shape index (κ3) is 3.73. The molecule has 6 heteroatoms. The first-order valence-corrected chi connectivity index (χ1v) is 5.80. The predicted octanol–water partition coefficient (Wildman–Crippen LogP) is 0.510. The highest BCUT2D eigenvalue weighted by Crippen LogP contribution is 2.04. The normalized spacial score (nSPS) is 15.1. The molecule has 0 aliphatic rings. The van der Waals surface area contributed by atoms with Crippen molar-refractivity contribution in [3.05, 3.63) is 0 Å². The van der Waals surface area contributed by atoms with E-state index < -0.39 is 21.3 Å². The van der Waals surface area contributed by atoms with Gasteiger partial charge < -0.3 is 0 Å². The fraction of sp³-hybridized carbons (Fsp3) is 0.750. The van der Waals surface area contributed by atoms with Crippen molar-refractivity contribution < 1.29 is 8.42 Å². The van der Waals surface area contributed by atoms with Crippen LogP contribution in [0.25, 0.3) is 0 Å². The van der Waals surface area contributed by atoms with Gasteiger partial charge in [0.15, 0.2) is 5.25 Å². The van der Waals surface area contributed by atoms with Gasteiger partial charge in [-0.05, 0) is 13.3 Å². The highest BCUT2D eigenvalue weighted by Gasteiger charge is 2.24. The lowest BCUT2D eigenvalue weighted by Gasteiger charge is -2.13. The van der Waals surface area contributed by atoms with Gasteiger partial charge in [0.05, 0.1) is 18.6 Å². The van der Waals surface area contributed by atoms with Gasteiger partial charge in [0.25, 0.3) is 0 Å². The van der Waals surface area contributed by atoms with Crippen LogP contribution >= 0.6 is 0 Å². The monoisotopic (exact) mass is 215 g/mol. The van der Waals surface area contributed by atoms with Crippen molar-refractivity contribution in [1.82, 2.24) is 4.72 Å². The highest BCUT2D eigenvalue weighted by molar-refractivity contribution is 7.90. The van der Waals surface area contributed by atoms with E-state index in [2.05, 4.69) is 4.72 Å². The Balaban J connectivity index is 4.52. The van der Waals surface area contributed by atoms with E-state index in [4.69, 9.17) is 10.5 Å². The van der Waals surface area contributed by atoms with Gasteiger partial charge in [0.1, 0.15) is 0 Å². The molecule has 2 atom stereocenters. The lowest BCUT2D eigenvalue weighted by atomic mass is 10.3. The molecule has 0 rings (SSSR count). The van der Waals surface area contributed by atoms with Gasteiger partial charge in [-0.3, -0.25) is 0 Å². The summed E-state index contributed by atoms with van der Waals surface area (Å²) in [6, 6.07) is 3.11. The Hall–Kier alpha value is -1.11. The van der Waals surface area contributed by atoms with Crippen molar-refractivity contribution in [1.29, 1.82) is 10.5 Å². The Morgan fingerprint density at radius 1 is 1.43 bits per heavy atom. The smallest absolute Gasteiger partial charge is 0.211 e. The van der Waals surface area contributed by atoms with Crippen LogP contribution in [0.15, 0.2) is 0 Å². The molecule has 5 nitrogen and oxygen atoms in total. The maximum atomic E-state index is 11.4. The van der Waals surface area contributed by atoms with Crippen LogP contribution < -0.4 is 4.72 Å². The molecule has 0 aliphatic heterocycles. The van der Waals surface area contributed by atoms with Crippen molar-refractivity contribution in [2.45, 2.75) is 38.0 Å². The molecule has 0 radical (unpaired) electrons. The van der Waals surface area contributed by atoms with Crippen molar-refractivity contribution in [2.75, 3.05) is 0 Å². The van der Waals surface area contributed by atoms with Crippen LogP contribution in [0.1, 0.15) is 26.7 Å².